The molecule has 41 heavy (non-hydrogen) atoms. The van der Waals surface area contributed by atoms with Crippen LogP contribution >= 0.6 is 0 Å². The highest BCUT2D eigenvalue weighted by Crippen LogP contribution is 2.33. The highest BCUT2D eigenvalue weighted by molar-refractivity contribution is 5.95. The van der Waals surface area contributed by atoms with E-state index < -0.39 is 11.7 Å². The minimum absolute atomic E-state index is 0.0255. The van der Waals surface area contributed by atoms with Crippen LogP contribution in [0.15, 0.2) is 66.9 Å². The molecule has 3 aromatic carbocycles. The van der Waals surface area contributed by atoms with E-state index in [1.54, 1.807) is 30.5 Å². The van der Waals surface area contributed by atoms with Crippen molar-refractivity contribution in [3.05, 3.63) is 66.9 Å². The topological polar surface area (TPSA) is 127 Å². The lowest BCUT2D eigenvalue weighted by Crippen LogP contribution is -2.27. The number of ether oxygens (including phenoxy) is 2. The van der Waals surface area contributed by atoms with Crippen LogP contribution in [-0.4, -0.2) is 48.9 Å². The zero-order chi connectivity index (χ0) is 28.7. The SMILES string of the molecule is CCCC1OC1Nc1cccc(-c2nc(Nc3ccc4c(cnn4C(=O)OC(C)(C)C)c3)c3cc(O)ccc3n2)c1. The summed E-state index contributed by atoms with van der Waals surface area (Å²) in [5.41, 5.74) is 3.19. The van der Waals surface area contributed by atoms with Crippen LogP contribution in [0, 0.1) is 0 Å². The summed E-state index contributed by atoms with van der Waals surface area (Å²) >= 11 is 0. The molecule has 2 atom stereocenters. The number of aromatic nitrogens is 4. The number of phenolic OH excluding ortho intramolecular Hbond substituents is 1. The fraction of sp³-hybridized carbons (Fsp3) is 0.290. The lowest BCUT2D eigenvalue weighted by Gasteiger charge is -2.19. The standard InChI is InChI=1S/C31H32N6O4/c1-5-7-26-29(40-26)34-20-9-6-8-18(14-20)27-35-24-12-11-22(38)16-23(24)28(36-27)33-21-10-13-25-19(15-21)17-32-37(25)30(39)41-31(2,3)4/h6,8-17,26,29,34,38H,5,7H2,1-4H3,(H,33,35,36). The van der Waals surface area contributed by atoms with Gasteiger partial charge in [0.15, 0.2) is 12.1 Å². The highest BCUT2D eigenvalue weighted by Gasteiger charge is 2.37. The lowest BCUT2D eigenvalue weighted by atomic mass is 10.1. The Hall–Kier alpha value is -4.70. The summed E-state index contributed by atoms with van der Waals surface area (Å²) in [7, 11) is 0. The number of hydrogen-bond donors (Lipinski definition) is 3. The minimum atomic E-state index is -0.632. The van der Waals surface area contributed by atoms with E-state index in [1.165, 1.54) is 4.68 Å². The molecule has 3 N–H and O–H groups in total. The second-order valence-corrected chi connectivity index (χ2v) is 11.1. The van der Waals surface area contributed by atoms with Crippen molar-refractivity contribution in [2.75, 3.05) is 10.6 Å². The van der Waals surface area contributed by atoms with Crippen LogP contribution in [0.5, 0.6) is 5.75 Å². The molecular weight excluding hydrogens is 520 g/mol. The summed E-state index contributed by atoms with van der Waals surface area (Å²) in [5.74, 6) is 1.19. The third-order valence-electron chi connectivity index (χ3n) is 6.66. The van der Waals surface area contributed by atoms with Crippen LogP contribution < -0.4 is 10.6 Å². The predicted molar refractivity (Wildman–Crippen MR) is 158 cm³/mol. The van der Waals surface area contributed by atoms with Crippen LogP contribution in [0.1, 0.15) is 40.5 Å². The van der Waals surface area contributed by atoms with Gasteiger partial charge in [-0.05, 0) is 75.7 Å². The molecule has 3 heterocycles. The van der Waals surface area contributed by atoms with Crippen molar-refractivity contribution in [3.8, 4) is 17.1 Å². The number of nitrogens with one attached hydrogen (secondary N) is 2. The molecule has 0 amide bonds. The molecular formula is C31H32N6O4. The van der Waals surface area contributed by atoms with E-state index in [0.29, 0.717) is 28.1 Å². The Morgan fingerprint density at radius 2 is 1.93 bits per heavy atom. The summed E-state index contributed by atoms with van der Waals surface area (Å²) in [4.78, 5) is 22.2. The molecule has 5 aromatic rings. The quantitative estimate of drug-likeness (QED) is 0.186. The van der Waals surface area contributed by atoms with Gasteiger partial charge < -0.3 is 25.2 Å². The van der Waals surface area contributed by atoms with Gasteiger partial charge in [0.1, 0.15) is 23.3 Å². The summed E-state index contributed by atoms with van der Waals surface area (Å²) in [6.07, 6.45) is 3.46. The van der Waals surface area contributed by atoms with E-state index in [0.717, 1.165) is 35.2 Å². The molecule has 0 spiro atoms. The average Bonchev–Trinajstić information content (AvgIpc) is 3.50. The number of fused-ring (bicyclic) bond motifs is 2. The molecule has 1 fully saturated rings. The maximum atomic E-state index is 12.6. The lowest BCUT2D eigenvalue weighted by molar-refractivity contribution is 0.0522. The van der Waals surface area contributed by atoms with Crippen molar-refractivity contribution in [2.45, 2.75) is 58.5 Å². The van der Waals surface area contributed by atoms with Gasteiger partial charge in [-0.25, -0.2) is 14.8 Å². The molecule has 2 unspecified atom stereocenters. The number of epoxide rings is 1. The number of anilines is 3. The molecule has 0 bridgehead atoms. The molecule has 6 rings (SSSR count). The molecule has 1 aliphatic rings. The van der Waals surface area contributed by atoms with Gasteiger partial charge in [0.2, 0.25) is 0 Å². The van der Waals surface area contributed by atoms with Crippen molar-refractivity contribution in [2.24, 2.45) is 0 Å². The summed E-state index contributed by atoms with van der Waals surface area (Å²) in [6.45, 7) is 7.59. The third-order valence-corrected chi connectivity index (χ3v) is 6.66. The van der Waals surface area contributed by atoms with Crippen LogP contribution in [-0.2, 0) is 9.47 Å². The highest BCUT2D eigenvalue weighted by atomic mass is 16.6. The Balaban J connectivity index is 1.32. The predicted octanol–water partition coefficient (Wildman–Crippen LogP) is 6.82. The molecule has 10 heteroatoms. The molecule has 10 nitrogen and oxygen atoms in total. The third kappa shape index (κ3) is 5.78. The van der Waals surface area contributed by atoms with Gasteiger partial charge >= 0.3 is 6.09 Å². The monoisotopic (exact) mass is 552 g/mol. The number of carbonyl (C=O) groups excluding carboxylic acids is 1. The van der Waals surface area contributed by atoms with E-state index in [4.69, 9.17) is 19.4 Å². The fourth-order valence-corrected chi connectivity index (χ4v) is 4.73. The largest absolute Gasteiger partial charge is 0.508 e. The summed E-state index contributed by atoms with van der Waals surface area (Å²) in [5, 5.41) is 22.7. The first-order valence-corrected chi connectivity index (χ1v) is 13.7. The molecule has 210 valence electrons. The molecule has 0 aliphatic carbocycles. The number of carbonyl (C=O) groups is 1. The van der Waals surface area contributed by atoms with E-state index >= 15 is 0 Å². The Morgan fingerprint density at radius 1 is 1.07 bits per heavy atom. The Labute approximate surface area is 237 Å². The zero-order valence-corrected chi connectivity index (χ0v) is 23.4. The number of nitrogens with zero attached hydrogens (tertiary/aromatic N) is 4. The number of aromatic hydroxyl groups is 1. The van der Waals surface area contributed by atoms with Crippen LogP contribution in [0.4, 0.5) is 22.0 Å². The molecule has 1 aliphatic heterocycles. The normalized spacial score (nSPS) is 16.6. The van der Waals surface area contributed by atoms with E-state index in [9.17, 15) is 9.90 Å². The average molecular weight is 553 g/mol. The summed E-state index contributed by atoms with van der Waals surface area (Å²) < 4.78 is 12.4. The second kappa shape index (κ2) is 10.4. The molecule has 0 radical (unpaired) electrons. The summed E-state index contributed by atoms with van der Waals surface area (Å²) in [6, 6.07) is 18.5. The minimum Gasteiger partial charge on any atom is -0.508 e. The van der Waals surface area contributed by atoms with Gasteiger partial charge in [-0.3, -0.25) is 0 Å². The maximum absolute atomic E-state index is 12.6. The van der Waals surface area contributed by atoms with Crippen LogP contribution in [0.2, 0.25) is 0 Å². The number of hydrogen-bond acceptors (Lipinski definition) is 9. The molecule has 1 saturated heterocycles. The first-order valence-electron chi connectivity index (χ1n) is 13.7. The smallest absolute Gasteiger partial charge is 0.435 e. The van der Waals surface area contributed by atoms with Gasteiger partial charge in [-0.15, -0.1) is 0 Å². The zero-order valence-electron chi connectivity index (χ0n) is 23.4. The van der Waals surface area contributed by atoms with Gasteiger partial charge in [0.25, 0.3) is 0 Å². The first-order chi connectivity index (χ1) is 19.7. The van der Waals surface area contributed by atoms with E-state index in [1.807, 2.05) is 57.2 Å². The van der Waals surface area contributed by atoms with Gasteiger partial charge in [-0.2, -0.15) is 9.78 Å². The fourth-order valence-electron chi connectivity index (χ4n) is 4.73. The maximum Gasteiger partial charge on any atom is 0.435 e. The van der Waals surface area contributed by atoms with Crippen molar-refractivity contribution < 1.29 is 19.4 Å². The molecule has 0 saturated carbocycles. The Kier molecular flexibility index (Phi) is 6.70. The van der Waals surface area contributed by atoms with Crippen LogP contribution in [0.25, 0.3) is 33.2 Å². The van der Waals surface area contributed by atoms with Crippen molar-refractivity contribution in [1.82, 2.24) is 19.7 Å². The van der Waals surface area contributed by atoms with Gasteiger partial charge in [0.05, 0.1) is 17.2 Å². The van der Waals surface area contributed by atoms with E-state index in [-0.39, 0.29) is 18.1 Å². The van der Waals surface area contributed by atoms with Crippen molar-refractivity contribution in [3.63, 3.8) is 0 Å². The Morgan fingerprint density at radius 3 is 2.73 bits per heavy atom. The van der Waals surface area contributed by atoms with Crippen LogP contribution in [0.3, 0.4) is 0 Å². The number of rotatable bonds is 7. The van der Waals surface area contributed by atoms with Gasteiger partial charge in [-0.1, -0.05) is 25.5 Å². The molecule has 2 aromatic heterocycles. The first kappa shape index (κ1) is 26.5. The Bertz CT molecular complexity index is 1760. The van der Waals surface area contributed by atoms with Crippen molar-refractivity contribution in [1.29, 1.82) is 0 Å². The van der Waals surface area contributed by atoms with Crippen molar-refractivity contribution >= 4 is 45.1 Å². The van der Waals surface area contributed by atoms with E-state index in [2.05, 4.69) is 22.7 Å². The van der Waals surface area contributed by atoms with Gasteiger partial charge in [0, 0.05) is 27.7 Å². The second-order valence-electron chi connectivity index (χ2n) is 11.1. The number of phenols is 1. The number of benzene rings is 3.